The third kappa shape index (κ3) is 3.96. The van der Waals surface area contributed by atoms with E-state index in [1.54, 1.807) is 36.2 Å². The van der Waals surface area contributed by atoms with Crippen LogP contribution in [-0.2, 0) is 22.7 Å². The van der Waals surface area contributed by atoms with E-state index in [-0.39, 0.29) is 17.6 Å². The molecule has 8 nitrogen and oxygen atoms in total. The first-order chi connectivity index (χ1) is 16.4. The first-order valence-electron chi connectivity index (χ1n) is 10.8. The predicted molar refractivity (Wildman–Crippen MR) is 124 cm³/mol. The third-order valence-corrected chi connectivity index (χ3v) is 5.82. The van der Waals surface area contributed by atoms with Crippen molar-refractivity contribution < 1.29 is 18.4 Å². The van der Waals surface area contributed by atoms with Gasteiger partial charge in [0.15, 0.2) is 0 Å². The molecule has 0 atom stereocenters. The third-order valence-electron chi connectivity index (χ3n) is 5.82. The topological polar surface area (TPSA) is 93.3 Å². The number of amides is 2. The maximum absolute atomic E-state index is 13.6. The lowest BCUT2D eigenvalue weighted by Crippen LogP contribution is -2.37. The van der Waals surface area contributed by atoms with E-state index in [0.29, 0.717) is 42.5 Å². The molecule has 1 N–H and O–H groups in total. The minimum absolute atomic E-state index is 0.00417. The van der Waals surface area contributed by atoms with Crippen LogP contribution in [0, 0.1) is 5.82 Å². The zero-order valence-electron chi connectivity index (χ0n) is 18.7. The van der Waals surface area contributed by atoms with Crippen LogP contribution in [0.4, 0.5) is 10.3 Å². The second-order valence-corrected chi connectivity index (χ2v) is 8.12. The van der Waals surface area contributed by atoms with Crippen molar-refractivity contribution in [1.29, 1.82) is 0 Å². The summed E-state index contributed by atoms with van der Waals surface area (Å²) < 4.78 is 21.0. The average molecular weight is 459 g/mol. The van der Waals surface area contributed by atoms with Crippen molar-refractivity contribution in [3.8, 4) is 33.6 Å². The first kappa shape index (κ1) is 21.6. The molecule has 0 saturated carbocycles. The molecule has 0 fully saturated rings. The Hall–Kier alpha value is -4.27. The minimum atomic E-state index is -0.325. The number of furan rings is 1. The largest absolute Gasteiger partial charge is 0.448 e. The fourth-order valence-electron chi connectivity index (χ4n) is 4.20. The van der Waals surface area contributed by atoms with Gasteiger partial charge in [-0.1, -0.05) is 0 Å². The summed E-state index contributed by atoms with van der Waals surface area (Å²) in [5.41, 5.74) is 5.31. The number of carbonyl (C=O) groups is 2. The lowest BCUT2D eigenvalue weighted by molar-refractivity contribution is -0.130. The number of halogens is 1. The fourth-order valence-corrected chi connectivity index (χ4v) is 4.20. The van der Waals surface area contributed by atoms with Gasteiger partial charge < -0.3 is 9.32 Å². The second-order valence-electron chi connectivity index (χ2n) is 8.12. The van der Waals surface area contributed by atoms with Crippen LogP contribution in [0.5, 0.6) is 0 Å². The Morgan fingerprint density at radius 2 is 1.85 bits per heavy atom. The van der Waals surface area contributed by atoms with Crippen LogP contribution >= 0.6 is 0 Å². The van der Waals surface area contributed by atoms with Crippen LogP contribution in [0.15, 0.2) is 59.3 Å². The molecule has 0 radical (unpaired) electrons. The molecule has 4 heterocycles. The molecular weight excluding hydrogens is 437 g/mol. The zero-order valence-corrected chi connectivity index (χ0v) is 18.7. The van der Waals surface area contributed by atoms with Gasteiger partial charge in [0.1, 0.15) is 11.5 Å². The molecule has 0 bridgehead atoms. The van der Waals surface area contributed by atoms with Crippen molar-refractivity contribution >= 4 is 17.7 Å². The highest BCUT2D eigenvalue weighted by Crippen LogP contribution is 2.38. The minimum Gasteiger partial charge on any atom is -0.448 e. The number of anilines is 1. The maximum atomic E-state index is 13.6. The van der Waals surface area contributed by atoms with Crippen LogP contribution in [0.3, 0.4) is 0 Å². The monoisotopic (exact) mass is 459 g/mol. The summed E-state index contributed by atoms with van der Waals surface area (Å²) in [6.07, 6.45) is 3.17. The molecule has 1 aliphatic rings. The number of pyridine rings is 1. The van der Waals surface area contributed by atoms with Crippen molar-refractivity contribution in [2.75, 3.05) is 11.9 Å². The van der Waals surface area contributed by atoms with Gasteiger partial charge in [-0.25, -0.2) is 4.39 Å². The molecule has 0 saturated heterocycles. The fraction of sp³-hybridized carbons (Fsp3) is 0.200. The van der Waals surface area contributed by atoms with Crippen LogP contribution in [0.25, 0.3) is 33.6 Å². The molecule has 1 aliphatic heterocycles. The van der Waals surface area contributed by atoms with Crippen molar-refractivity contribution in [3.63, 3.8) is 0 Å². The molecule has 5 rings (SSSR count). The Labute approximate surface area is 195 Å². The number of carbonyl (C=O) groups excluding carboxylic acids is 2. The predicted octanol–water partition coefficient (Wildman–Crippen LogP) is 4.33. The lowest BCUT2D eigenvalue weighted by atomic mass is 9.97. The van der Waals surface area contributed by atoms with E-state index in [4.69, 9.17) is 9.52 Å². The molecule has 0 spiro atoms. The molecule has 0 unspecified atom stereocenters. The van der Waals surface area contributed by atoms with Crippen LogP contribution in [0.1, 0.15) is 19.5 Å². The standard InChI is InChI=1S/C25H22FN5O3/c1-15(32)28-25-20(8-12-34-25)21-13-18(7-9-27-21)23-22-14-30(16(2)33)10-11-31(22)29-24(23)17-3-5-19(26)6-4-17/h3-9,12-13H,10-11,14H2,1-2H3,(H,28,32). The Kier molecular flexibility index (Phi) is 5.45. The Bertz CT molecular complexity index is 1390. The van der Waals surface area contributed by atoms with E-state index in [2.05, 4.69) is 10.3 Å². The summed E-state index contributed by atoms with van der Waals surface area (Å²) in [6.45, 7) is 4.52. The number of rotatable bonds is 4. The number of hydrogen-bond donors (Lipinski definition) is 1. The van der Waals surface area contributed by atoms with E-state index in [1.165, 1.54) is 25.3 Å². The SMILES string of the molecule is CC(=O)Nc1occc1-c1cc(-c2c(-c3ccc(F)cc3)nn3c2CN(C(C)=O)CC3)ccn1. The summed E-state index contributed by atoms with van der Waals surface area (Å²) in [4.78, 5) is 29.9. The van der Waals surface area contributed by atoms with E-state index in [9.17, 15) is 14.0 Å². The summed E-state index contributed by atoms with van der Waals surface area (Å²) in [5.74, 6) is -0.263. The van der Waals surface area contributed by atoms with E-state index in [1.807, 2.05) is 16.8 Å². The summed E-state index contributed by atoms with van der Waals surface area (Å²) in [7, 11) is 0. The van der Waals surface area contributed by atoms with Crippen LogP contribution < -0.4 is 5.32 Å². The molecule has 4 aromatic rings. The Balaban J connectivity index is 1.66. The molecule has 3 aromatic heterocycles. The summed E-state index contributed by atoms with van der Waals surface area (Å²) in [5, 5.41) is 7.51. The van der Waals surface area contributed by atoms with Gasteiger partial charge in [0.2, 0.25) is 17.7 Å². The molecular formula is C25H22FN5O3. The first-order valence-corrected chi connectivity index (χ1v) is 10.8. The number of nitrogens with one attached hydrogen (secondary N) is 1. The van der Waals surface area contributed by atoms with E-state index < -0.39 is 0 Å². The van der Waals surface area contributed by atoms with Crippen molar-refractivity contribution in [2.24, 2.45) is 0 Å². The molecule has 9 heteroatoms. The Morgan fingerprint density at radius 1 is 1.06 bits per heavy atom. The Morgan fingerprint density at radius 3 is 2.59 bits per heavy atom. The van der Waals surface area contributed by atoms with Gasteiger partial charge in [0.25, 0.3) is 0 Å². The van der Waals surface area contributed by atoms with Gasteiger partial charge >= 0.3 is 0 Å². The average Bonchev–Trinajstić information content (AvgIpc) is 3.43. The van der Waals surface area contributed by atoms with E-state index in [0.717, 1.165) is 22.4 Å². The maximum Gasteiger partial charge on any atom is 0.223 e. The van der Waals surface area contributed by atoms with Crippen LogP contribution in [-0.4, -0.2) is 38.0 Å². The normalized spacial score (nSPS) is 13.0. The number of hydrogen-bond acceptors (Lipinski definition) is 5. The smallest absolute Gasteiger partial charge is 0.223 e. The number of nitrogens with zero attached hydrogens (tertiary/aromatic N) is 4. The van der Waals surface area contributed by atoms with Gasteiger partial charge in [-0.3, -0.25) is 24.6 Å². The van der Waals surface area contributed by atoms with Crippen LogP contribution in [0.2, 0.25) is 0 Å². The van der Waals surface area contributed by atoms with Gasteiger partial charge in [-0.2, -0.15) is 5.10 Å². The second kappa shape index (κ2) is 8.58. The molecule has 34 heavy (non-hydrogen) atoms. The van der Waals surface area contributed by atoms with Crippen molar-refractivity contribution in [2.45, 2.75) is 26.9 Å². The van der Waals surface area contributed by atoms with Gasteiger partial charge in [-0.15, -0.1) is 0 Å². The summed E-state index contributed by atoms with van der Waals surface area (Å²) in [6, 6.07) is 11.7. The van der Waals surface area contributed by atoms with Gasteiger partial charge in [-0.05, 0) is 48.0 Å². The molecule has 172 valence electrons. The van der Waals surface area contributed by atoms with Crippen molar-refractivity contribution in [3.05, 3.63) is 66.4 Å². The molecule has 1 aromatic carbocycles. The van der Waals surface area contributed by atoms with Gasteiger partial charge in [0.05, 0.1) is 36.3 Å². The molecule has 0 aliphatic carbocycles. The molecule has 2 amide bonds. The number of benzene rings is 1. The van der Waals surface area contributed by atoms with Gasteiger partial charge in [0, 0.05) is 37.7 Å². The highest BCUT2D eigenvalue weighted by molar-refractivity contribution is 5.92. The highest BCUT2D eigenvalue weighted by atomic mass is 19.1. The number of fused-ring (bicyclic) bond motifs is 1. The number of aromatic nitrogens is 3. The van der Waals surface area contributed by atoms with Crippen molar-refractivity contribution in [1.82, 2.24) is 19.7 Å². The lowest BCUT2D eigenvalue weighted by Gasteiger charge is -2.27. The zero-order chi connectivity index (χ0) is 23.8. The van der Waals surface area contributed by atoms with E-state index >= 15 is 0 Å². The quantitative estimate of drug-likeness (QED) is 0.490. The highest BCUT2D eigenvalue weighted by Gasteiger charge is 2.27. The summed E-state index contributed by atoms with van der Waals surface area (Å²) >= 11 is 0.